The third kappa shape index (κ3) is 2.95. The Bertz CT molecular complexity index is 623. The number of benzene rings is 1. The maximum absolute atomic E-state index is 12.3. The van der Waals surface area contributed by atoms with Gasteiger partial charge in [0.15, 0.2) is 0 Å². The van der Waals surface area contributed by atoms with Gasteiger partial charge in [-0.1, -0.05) is 18.2 Å². The van der Waals surface area contributed by atoms with E-state index in [0.717, 1.165) is 37.9 Å². The van der Waals surface area contributed by atoms with E-state index in [0.29, 0.717) is 17.4 Å². The van der Waals surface area contributed by atoms with Crippen LogP contribution in [0.5, 0.6) is 0 Å². The summed E-state index contributed by atoms with van der Waals surface area (Å²) in [7, 11) is -3.38. The number of sulfonamides is 1. The Hall–Kier alpha value is -1.17. The van der Waals surface area contributed by atoms with Crippen LogP contribution in [-0.2, 0) is 23.1 Å². The molecule has 4 nitrogen and oxygen atoms in total. The predicted octanol–water partition coefficient (Wildman–Crippen LogP) is 1.92. The van der Waals surface area contributed by atoms with Crippen molar-refractivity contribution in [3.05, 3.63) is 41.5 Å². The summed E-state index contributed by atoms with van der Waals surface area (Å²) < 4.78 is 27.4. The average Bonchev–Trinajstić information content (AvgIpc) is 2.94. The highest BCUT2D eigenvalue weighted by atomic mass is 32.2. The highest BCUT2D eigenvalue weighted by Gasteiger charge is 2.19. The van der Waals surface area contributed by atoms with E-state index < -0.39 is 10.0 Å². The SMILES string of the molecule is O=S(=O)(NCC1CC=CCC1)c1ccc2c(c1)CNC2. The summed E-state index contributed by atoms with van der Waals surface area (Å²) in [5.41, 5.74) is 2.29. The lowest BCUT2D eigenvalue weighted by molar-refractivity contribution is 0.468. The normalized spacial score (nSPS) is 21.9. The second-order valence-corrected chi connectivity index (χ2v) is 7.30. The van der Waals surface area contributed by atoms with Crippen LogP contribution in [-0.4, -0.2) is 15.0 Å². The van der Waals surface area contributed by atoms with Gasteiger partial charge in [0.2, 0.25) is 10.0 Å². The summed E-state index contributed by atoms with van der Waals surface area (Å²) >= 11 is 0. The largest absolute Gasteiger partial charge is 0.309 e. The van der Waals surface area contributed by atoms with Crippen LogP contribution < -0.4 is 10.0 Å². The van der Waals surface area contributed by atoms with Gasteiger partial charge in [-0.15, -0.1) is 0 Å². The van der Waals surface area contributed by atoms with Crippen molar-refractivity contribution >= 4 is 10.0 Å². The predicted molar refractivity (Wildman–Crippen MR) is 78.7 cm³/mol. The number of rotatable bonds is 4. The van der Waals surface area contributed by atoms with Gasteiger partial charge in [0.05, 0.1) is 4.90 Å². The summed E-state index contributed by atoms with van der Waals surface area (Å²) in [5.74, 6) is 0.422. The molecule has 1 aromatic rings. The molecule has 0 amide bonds. The summed E-state index contributed by atoms with van der Waals surface area (Å²) in [6, 6.07) is 5.40. The third-order valence-corrected chi connectivity index (χ3v) is 5.48. The van der Waals surface area contributed by atoms with Gasteiger partial charge >= 0.3 is 0 Å². The molecule has 1 heterocycles. The minimum Gasteiger partial charge on any atom is -0.309 e. The maximum Gasteiger partial charge on any atom is 0.240 e. The molecular weight excluding hydrogens is 272 g/mol. The Morgan fingerprint density at radius 1 is 1.20 bits per heavy atom. The molecule has 1 aromatic carbocycles. The van der Waals surface area contributed by atoms with Crippen molar-refractivity contribution < 1.29 is 8.42 Å². The van der Waals surface area contributed by atoms with Crippen LogP contribution in [0.15, 0.2) is 35.2 Å². The number of fused-ring (bicyclic) bond motifs is 1. The zero-order valence-corrected chi connectivity index (χ0v) is 12.2. The van der Waals surface area contributed by atoms with E-state index in [4.69, 9.17) is 0 Å². The monoisotopic (exact) mass is 292 g/mol. The van der Waals surface area contributed by atoms with E-state index in [-0.39, 0.29) is 0 Å². The quantitative estimate of drug-likeness (QED) is 0.834. The fourth-order valence-electron chi connectivity index (χ4n) is 2.79. The van der Waals surface area contributed by atoms with Crippen LogP contribution in [0, 0.1) is 5.92 Å². The van der Waals surface area contributed by atoms with Gasteiger partial charge < -0.3 is 5.32 Å². The van der Waals surface area contributed by atoms with Crippen LogP contribution in [0.1, 0.15) is 30.4 Å². The van der Waals surface area contributed by atoms with Crippen LogP contribution in [0.2, 0.25) is 0 Å². The van der Waals surface area contributed by atoms with E-state index in [1.165, 1.54) is 5.56 Å². The lowest BCUT2D eigenvalue weighted by atomic mass is 9.95. The highest BCUT2D eigenvalue weighted by Crippen LogP contribution is 2.21. The summed E-state index contributed by atoms with van der Waals surface area (Å²) in [4.78, 5) is 0.381. The molecule has 1 unspecified atom stereocenters. The zero-order chi connectivity index (χ0) is 14.0. The van der Waals surface area contributed by atoms with Crippen molar-refractivity contribution in [2.24, 2.45) is 5.92 Å². The Labute approximate surface area is 120 Å². The molecule has 0 saturated heterocycles. The molecule has 1 aliphatic carbocycles. The first-order valence-electron chi connectivity index (χ1n) is 7.12. The summed E-state index contributed by atoms with van der Waals surface area (Å²) in [5, 5.41) is 3.23. The fourth-order valence-corrected chi connectivity index (χ4v) is 3.96. The molecule has 0 bridgehead atoms. The van der Waals surface area contributed by atoms with E-state index in [1.54, 1.807) is 12.1 Å². The molecular formula is C15H20N2O2S. The molecule has 0 fully saturated rings. The number of hydrogen-bond donors (Lipinski definition) is 2. The number of allylic oxidation sites excluding steroid dienone is 2. The van der Waals surface area contributed by atoms with Gasteiger partial charge in [-0.25, -0.2) is 13.1 Å². The summed E-state index contributed by atoms with van der Waals surface area (Å²) in [6.07, 6.45) is 7.39. The molecule has 0 aromatic heterocycles. The first-order valence-corrected chi connectivity index (χ1v) is 8.61. The Morgan fingerprint density at radius 3 is 2.85 bits per heavy atom. The fraction of sp³-hybridized carbons (Fsp3) is 0.467. The molecule has 5 heteroatoms. The van der Waals surface area contributed by atoms with E-state index >= 15 is 0 Å². The minimum atomic E-state index is -3.38. The van der Waals surface area contributed by atoms with Crippen molar-refractivity contribution in [3.8, 4) is 0 Å². The Balaban J connectivity index is 1.70. The third-order valence-electron chi connectivity index (χ3n) is 4.06. The lowest BCUT2D eigenvalue weighted by Gasteiger charge is -2.18. The average molecular weight is 292 g/mol. The summed E-state index contributed by atoms with van der Waals surface area (Å²) in [6.45, 7) is 2.12. The lowest BCUT2D eigenvalue weighted by Crippen LogP contribution is -2.29. The van der Waals surface area contributed by atoms with Gasteiger partial charge in [0.1, 0.15) is 0 Å². The molecule has 108 valence electrons. The minimum absolute atomic E-state index is 0.381. The molecule has 20 heavy (non-hydrogen) atoms. The number of nitrogens with one attached hydrogen (secondary N) is 2. The molecule has 0 radical (unpaired) electrons. The van der Waals surface area contributed by atoms with Gasteiger partial charge in [-0.05, 0) is 48.4 Å². The first-order chi connectivity index (χ1) is 9.65. The van der Waals surface area contributed by atoms with Gasteiger partial charge in [-0.3, -0.25) is 0 Å². The second kappa shape index (κ2) is 5.68. The molecule has 2 N–H and O–H groups in total. The van der Waals surface area contributed by atoms with E-state index in [1.807, 2.05) is 6.07 Å². The standard InChI is InChI=1S/C15H20N2O2S/c18-20(19,17-9-12-4-2-1-3-5-12)15-7-6-13-10-16-11-14(13)8-15/h1-2,6-8,12,16-17H,3-5,9-11H2. The van der Waals surface area contributed by atoms with Crippen molar-refractivity contribution in [1.29, 1.82) is 0 Å². The highest BCUT2D eigenvalue weighted by molar-refractivity contribution is 7.89. The smallest absolute Gasteiger partial charge is 0.240 e. The zero-order valence-electron chi connectivity index (χ0n) is 11.4. The van der Waals surface area contributed by atoms with Gasteiger partial charge in [0.25, 0.3) is 0 Å². The maximum atomic E-state index is 12.3. The molecule has 0 saturated carbocycles. The topological polar surface area (TPSA) is 58.2 Å². The van der Waals surface area contributed by atoms with Gasteiger partial charge in [-0.2, -0.15) is 0 Å². The molecule has 3 rings (SSSR count). The van der Waals surface area contributed by atoms with Crippen LogP contribution >= 0.6 is 0 Å². The van der Waals surface area contributed by atoms with Crippen molar-refractivity contribution in [1.82, 2.24) is 10.0 Å². The van der Waals surface area contributed by atoms with Crippen molar-refractivity contribution in [3.63, 3.8) is 0 Å². The van der Waals surface area contributed by atoms with E-state index in [2.05, 4.69) is 22.2 Å². The first kappa shape index (κ1) is 13.8. The van der Waals surface area contributed by atoms with Crippen LogP contribution in [0.25, 0.3) is 0 Å². The van der Waals surface area contributed by atoms with Crippen LogP contribution in [0.3, 0.4) is 0 Å². The van der Waals surface area contributed by atoms with Gasteiger partial charge in [0, 0.05) is 19.6 Å². The second-order valence-electron chi connectivity index (χ2n) is 5.54. The Morgan fingerprint density at radius 2 is 2.05 bits per heavy atom. The van der Waals surface area contributed by atoms with Crippen molar-refractivity contribution in [2.45, 2.75) is 37.2 Å². The van der Waals surface area contributed by atoms with Crippen LogP contribution in [0.4, 0.5) is 0 Å². The molecule has 1 atom stereocenters. The van der Waals surface area contributed by atoms with Crippen molar-refractivity contribution in [2.75, 3.05) is 6.54 Å². The Kier molecular flexibility index (Phi) is 3.92. The molecule has 0 spiro atoms. The number of hydrogen-bond acceptors (Lipinski definition) is 3. The molecule has 2 aliphatic rings. The molecule has 1 aliphatic heterocycles. The van der Waals surface area contributed by atoms with E-state index in [9.17, 15) is 8.42 Å².